The van der Waals surface area contributed by atoms with Crippen molar-refractivity contribution in [3.05, 3.63) is 29.8 Å². The molecule has 0 amide bonds. The molecule has 92 valence electrons. The van der Waals surface area contributed by atoms with Crippen LogP contribution in [-0.2, 0) is 11.2 Å². The van der Waals surface area contributed by atoms with E-state index in [1.807, 2.05) is 6.07 Å². The largest absolute Gasteiger partial charge is 0.496 e. The number of hydrogen-bond acceptors (Lipinski definition) is 4. The number of carbonyl (C=O) groups excluding carboxylic acids is 1. The van der Waals surface area contributed by atoms with E-state index < -0.39 is 0 Å². The molecule has 0 unspecified atom stereocenters. The fraction of sp³-hybridized carbons (Fsp3) is 0.308. The maximum Gasteiger partial charge on any atom is 0.164 e. The lowest BCUT2D eigenvalue weighted by atomic mass is 10.1. The van der Waals surface area contributed by atoms with Gasteiger partial charge in [-0.15, -0.1) is 0 Å². The highest BCUT2D eigenvalue weighted by Crippen LogP contribution is 2.34. The number of rotatable bonds is 6. The van der Waals surface area contributed by atoms with Crippen LogP contribution in [0.15, 0.2) is 24.3 Å². The number of benzene rings is 1. The first-order chi connectivity index (χ1) is 8.26. The zero-order valence-electron chi connectivity index (χ0n) is 10.2. The SMILES string of the molecule is COc1cc(OC)c(OC)cc1CC=CC=O. The van der Waals surface area contributed by atoms with Gasteiger partial charge in [-0.2, -0.15) is 0 Å². The van der Waals surface area contributed by atoms with Crippen molar-refractivity contribution in [2.24, 2.45) is 0 Å². The van der Waals surface area contributed by atoms with Gasteiger partial charge in [-0.1, -0.05) is 6.08 Å². The van der Waals surface area contributed by atoms with E-state index in [2.05, 4.69) is 0 Å². The van der Waals surface area contributed by atoms with Crippen LogP contribution in [0.2, 0.25) is 0 Å². The molecule has 0 aromatic heterocycles. The molecule has 1 rings (SSSR count). The molecule has 0 N–H and O–H groups in total. The van der Waals surface area contributed by atoms with E-state index in [-0.39, 0.29) is 0 Å². The van der Waals surface area contributed by atoms with Gasteiger partial charge in [0, 0.05) is 11.6 Å². The van der Waals surface area contributed by atoms with Crippen LogP contribution < -0.4 is 14.2 Å². The van der Waals surface area contributed by atoms with Crippen LogP contribution in [0.5, 0.6) is 17.2 Å². The van der Waals surface area contributed by atoms with Gasteiger partial charge in [-0.25, -0.2) is 0 Å². The summed E-state index contributed by atoms with van der Waals surface area (Å²) in [5, 5.41) is 0. The van der Waals surface area contributed by atoms with E-state index in [1.165, 1.54) is 6.08 Å². The third kappa shape index (κ3) is 3.24. The second kappa shape index (κ2) is 6.58. The Balaban J connectivity index is 3.09. The molecule has 0 fully saturated rings. The minimum atomic E-state index is 0.599. The zero-order chi connectivity index (χ0) is 12.7. The van der Waals surface area contributed by atoms with Gasteiger partial charge in [0.15, 0.2) is 11.5 Å². The van der Waals surface area contributed by atoms with Crippen LogP contribution in [0.1, 0.15) is 5.56 Å². The van der Waals surface area contributed by atoms with Crippen LogP contribution in [0, 0.1) is 0 Å². The molecule has 0 heterocycles. The monoisotopic (exact) mass is 236 g/mol. The first-order valence-electron chi connectivity index (χ1n) is 5.16. The summed E-state index contributed by atoms with van der Waals surface area (Å²) in [6.45, 7) is 0. The summed E-state index contributed by atoms with van der Waals surface area (Å²) in [6, 6.07) is 3.61. The molecule has 17 heavy (non-hydrogen) atoms. The number of aldehydes is 1. The molecule has 0 aliphatic heterocycles. The molecule has 0 saturated carbocycles. The average Bonchev–Trinajstić information content (AvgIpc) is 2.38. The van der Waals surface area contributed by atoms with Crippen LogP contribution >= 0.6 is 0 Å². The van der Waals surface area contributed by atoms with E-state index in [0.717, 1.165) is 11.8 Å². The topological polar surface area (TPSA) is 44.8 Å². The van der Waals surface area contributed by atoms with Gasteiger partial charge in [-0.05, 0) is 18.6 Å². The Hall–Kier alpha value is -1.97. The van der Waals surface area contributed by atoms with E-state index in [1.54, 1.807) is 33.5 Å². The summed E-state index contributed by atoms with van der Waals surface area (Å²) >= 11 is 0. The number of hydrogen-bond donors (Lipinski definition) is 0. The lowest BCUT2D eigenvalue weighted by Crippen LogP contribution is -1.96. The van der Waals surface area contributed by atoms with Crippen molar-refractivity contribution in [3.63, 3.8) is 0 Å². The summed E-state index contributed by atoms with van der Waals surface area (Å²) in [6.07, 6.45) is 4.56. The minimum Gasteiger partial charge on any atom is -0.496 e. The summed E-state index contributed by atoms with van der Waals surface area (Å²) < 4.78 is 15.6. The number of ether oxygens (including phenoxy) is 3. The lowest BCUT2D eigenvalue weighted by Gasteiger charge is -2.13. The van der Waals surface area contributed by atoms with Gasteiger partial charge in [-0.3, -0.25) is 4.79 Å². The first-order valence-corrected chi connectivity index (χ1v) is 5.16. The second-order valence-electron chi connectivity index (χ2n) is 3.29. The van der Waals surface area contributed by atoms with Crippen molar-refractivity contribution in [1.82, 2.24) is 0 Å². The smallest absolute Gasteiger partial charge is 0.164 e. The summed E-state index contributed by atoms with van der Waals surface area (Å²) in [4.78, 5) is 10.2. The summed E-state index contributed by atoms with van der Waals surface area (Å²) in [7, 11) is 4.74. The molecule has 1 aromatic carbocycles. The zero-order valence-corrected chi connectivity index (χ0v) is 10.2. The van der Waals surface area contributed by atoms with Gasteiger partial charge < -0.3 is 14.2 Å². The van der Waals surface area contributed by atoms with E-state index in [4.69, 9.17) is 14.2 Å². The van der Waals surface area contributed by atoms with E-state index in [0.29, 0.717) is 23.7 Å². The normalized spacial score (nSPS) is 10.3. The fourth-order valence-electron chi connectivity index (χ4n) is 1.50. The summed E-state index contributed by atoms with van der Waals surface area (Å²) in [5.74, 6) is 1.97. The quantitative estimate of drug-likeness (QED) is 0.560. The number of allylic oxidation sites excluding steroid dienone is 2. The molecule has 0 saturated heterocycles. The third-order valence-corrected chi connectivity index (χ3v) is 2.34. The predicted octanol–water partition coefficient (Wildman–Crippen LogP) is 2.01. The van der Waals surface area contributed by atoms with Crippen LogP contribution in [0.3, 0.4) is 0 Å². The van der Waals surface area contributed by atoms with Crippen molar-refractivity contribution in [2.75, 3.05) is 21.3 Å². The Morgan fingerprint density at radius 2 is 1.59 bits per heavy atom. The van der Waals surface area contributed by atoms with Gasteiger partial charge >= 0.3 is 0 Å². The van der Waals surface area contributed by atoms with Crippen LogP contribution in [0.25, 0.3) is 0 Å². The van der Waals surface area contributed by atoms with Crippen molar-refractivity contribution in [1.29, 1.82) is 0 Å². The highest BCUT2D eigenvalue weighted by Gasteiger charge is 2.10. The molecular formula is C13H16O4. The molecule has 0 aliphatic carbocycles. The molecule has 0 radical (unpaired) electrons. The lowest BCUT2D eigenvalue weighted by molar-refractivity contribution is -0.104. The van der Waals surface area contributed by atoms with Crippen molar-refractivity contribution in [3.8, 4) is 17.2 Å². The van der Waals surface area contributed by atoms with E-state index >= 15 is 0 Å². The third-order valence-electron chi connectivity index (χ3n) is 2.34. The fourth-order valence-corrected chi connectivity index (χ4v) is 1.50. The van der Waals surface area contributed by atoms with Crippen molar-refractivity contribution < 1.29 is 19.0 Å². The maximum absolute atomic E-state index is 10.2. The van der Waals surface area contributed by atoms with Gasteiger partial charge in [0.1, 0.15) is 12.0 Å². The Morgan fingerprint density at radius 3 is 2.12 bits per heavy atom. The van der Waals surface area contributed by atoms with Crippen molar-refractivity contribution in [2.45, 2.75) is 6.42 Å². The highest BCUT2D eigenvalue weighted by molar-refractivity contribution is 5.64. The molecule has 0 spiro atoms. The Bertz CT molecular complexity index is 410. The molecule has 1 aromatic rings. The average molecular weight is 236 g/mol. The molecule has 4 nitrogen and oxygen atoms in total. The summed E-state index contributed by atoms with van der Waals surface area (Å²) in [5.41, 5.74) is 0.934. The van der Waals surface area contributed by atoms with Gasteiger partial charge in [0.2, 0.25) is 0 Å². The molecular weight excluding hydrogens is 220 g/mol. The molecule has 0 aliphatic rings. The van der Waals surface area contributed by atoms with Gasteiger partial charge in [0.05, 0.1) is 21.3 Å². The number of methoxy groups -OCH3 is 3. The molecule has 0 bridgehead atoms. The maximum atomic E-state index is 10.2. The minimum absolute atomic E-state index is 0.599. The first kappa shape index (κ1) is 13.1. The standard InChI is InChI=1S/C13H16O4/c1-15-11-9-13(17-3)12(16-2)8-10(11)6-4-5-7-14/h4-5,7-9H,6H2,1-3H3. The van der Waals surface area contributed by atoms with E-state index in [9.17, 15) is 4.79 Å². The second-order valence-corrected chi connectivity index (χ2v) is 3.29. The van der Waals surface area contributed by atoms with Crippen molar-refractivity contribution >= 4 is 6.29 Å². The molecule has 0 atom stereocenters. The Labute approximate surface area is 101 Å². The predicted molar refractivity (Wildman–Crippen MR) is 65.0 cm³/mol. The highest BCUT2D eigenvalue weighted by atomic mass is 16.5. The number of carbonyl (C=O) groups is 1. The Morgan fingerprint density at radius 1 is 1.00 bits per heavy atom. The van der Waals surface area contributed by atoms with Crippen LogP contribution in [0.4, 0.5) is 0 Å². The van der Waals surface area contributed by atoms with Gasteiger partial charge in [0.25, 0.3) is 0 Å². The molecule has 4 heteroatoms. The Kier molecular flexibility index (Phi) is 5.07. The van der Waals surface area contributed by atoms with Crippen LogP contribution in [-0.4, -0.2) is 27.6 Å².